The van der Waals surface area contributed by atoms with Gasteiger partial charge in [0.2, 0.25) is 5.88 Å². The van der Waals surface area contributed by atoms with Crippen molar-refractivity contribution in [2.75, 3.05) is 24.3 Å². The smallest absolute Gasteiger partial charge is 0.255 e. The number of hydrogen-bond donors (Lipinski definition) is 1. The van der Waals surface area contributed by atoms with Crippen molar-refractivity contribution < 1.29 is 9.53 Å². The third-order valence-corrected chi connectivity index (χ3v) is 4.38. The predicted molar refractivity (Wildman–Crippen MR) is 114 cm³/mol. The van der Waals surface area contributed by atoms with Crippen LogP contribution in [0.2, 0.25) is 0 Å². The summed E-state index contributed by atoms with van der Waals surface area (Å²) in [7, 11) is 3.91. The monoisotopic (exact) mass is 400 g/mol. The molecule has 0 aliphatic rings. The second-order valence-electron chi connectivity index (χ2n) is 6.71. The van der Waals surface area contributed by atoms with E-state index in [9.17, 15) is 4.79 Å². The van der Waals surface area contributed by atoms with E-state index in [2.05, 4.69) is 20.3 Å². The van der Waals surface area contributed by atoms with E-state index < -0.39 is 0 Å². The van der Waals surface area contributed by atoms with Gasteiger partial charge in [0, 0.05) is 49.5 Å². The molecule has 4 aromatic rings. The molecule has 0 spiro atoms. The third-order valence-electron chi connectivity index (χ3n) is 4.38. The van der Waals surface area contributed by atoms with Crippen molar-refractivity contribution in [3.05, 3.63) is 85.2 Å². The van der Waals surface area contributed by atoms with Crippen molar-refractivity contribution in [3.63, 3.8) is 0 Å². The molecule has 0 bridgehead atoms. The number of carbonyl (C=O) groups excluding carboxylic acids is 1. The molecule has 1 N–H and O–H groups in total. The van der Waals surface area contributed by atoms with Gasteiger partial charge in [-0.05, 0) is 48.5 Å². The summed E-state index contributed by atoms with van der Waals surface area (Å²) in [5, 5.41) is 2.88. The van der Waals surface area contributed by atoms with Crippen molar-refractivity contribution in [1.82, 2.24) is 19.5 Å². The maximum absolute atomic E-state index is 12.4. The van der Waals surface area contributed by atoms with Gasteiger partial charge in [0.05, 0.1) is 0 Å². The van der Waals surface area contributed by atoms with Crippen molar-refractivity contribution in [2.45, 2.75) is 0 Å². The van der Waals surface area contributed by atoms with Gasteiger partial charge < -0.3 is 15.0 Å². The predicted octanol–water partition coefficient (Wildman–Crippen LogP) is 3.77. The lowest BCUT2D eigenvalue weighted by Gasteiger charge is -2.12. The van der Waals surface area contributed by atoms with E-state index in [1.807, 2.05) is 31.1 Å². The molecule has 0 saturated carbocycles. The molecule has 2 heterocycles. The number of benzene rings is 2. The summed E-state index contributed by atoms with van der Waals surface area (Å²) in [5.41, 5.74) is 2.30. The lowest BCUT2D eigenvalue weighted by Crippen LogP contribution is -2.13. The first-order valence-corrected chi connectivity index (χ1v) is 9.25. The van der Waals surface area contributed by atoms with Gasteiger partial charge in [-0.1, -0.05) is 0 Å². The number of nitrogens with one attached hydrogen (secondary N) is 1. The molecule has 30 heavy (non-hydrogen) atoms. The molecule has 150 valence electrons. The lowest BCUT2D eigenvalue weighted by atomic mass is 10.2. The Labute approximate surface area is 173 Å². The molecule has 4 rings (SSSR count). The van der Waals surface area contributed by atoms with Crippen LogP contribution in [0.5, 0.6) is 11.6 Å². The van der Waals surface area contributed by atoms with Gasteiger partial charge in [0.1, 0.15) is 24.2 Å². The molecule has 1 amide bonds. The van der Waals surface area contributed by atoms with Crippen molar-refractivity contribution in [2.24, 2.45) is 0 Å². The molecule has 8 heteroatoms. The zero-order valence-corrected chi connectivity index (χ0v) is 16.6. The Morgan fingerprint density at radius 1 is 1.03 bits per heavy atom. The maximum atomic E-state index is 12.4. The molecule has 0 aliphatic heterocycles. The fourth-order valence-corrected chi connectivity index (χ4v) is 2.76. The number of anilines is 2. The van der Waals surface area contributed by atoms with Crippen LogP contribution in [0, 0.1) is 0 Å². The summed E-state index contributed by atoms with van der Waals surface area (Å²) in [6.45, 7) is 0. The number of rotatable bonds is 6. The Kier molecular flexibility index (Phi) is 5.38. The highest BCUT2D eigenvalue weighted by Gasteiger charge is 2.08. The van der Waals surface area contributed by atoms with Crippen molar-refractivity contribution in [3.8, 4) is 17.4 Å². The summed E-state index contributed by atoms with van der Waals surface area (Å²) < 4.78 is 7.56. The molecule has 0 aliphatic carbocycles. The van der Waals surface area contributed by atoms with E-state index in [0.717, 1.165) is 5.69 Å². The summed E-state index contributed by atoms with van der Waals surface area (Å²) in [6.07, 6.45) is 6.54. The lowest BCUT2D eigenvalue weighted by molar-refractivity contribution is 0.102. The number of amides is 1. The first-order valence-electron chi connectivity index (χ1n) is 9.25. The second kappa shape index (κ2) is 8.44. The maximum Gasteiger partial charge on any atom is 0.255 e. The number of hydrogen-bond acceptors (Lipinski definition) is 6. The molecular weight excluding hydrogens is 380 g/mol. The van der Waals surface area contributed by atoms with E-state index in [4.69, 9.17) is 4.74 Å². The van der Waals surface area contributed by atoms with Gasteiger partial charge in [-0.25, -0.2) is 15.0 Å². The van der Waals surface area contributed by atoms with Crippen LogP contribution in [-0.2, 0) is 0 Å². The topological polar surface area (TPSA) is 85.2 Å². The van der Waals surface area contributed by atoms with Gasteiger partial charge in [0.15, 0.2) is 0 Å². The average molecular weight is 400 g/mol. The Morgan fingerprint density at radius 3 is 2.47 bits per heavy atom. The first-order chi connectivity index (χ1) is 14.6. The Bertz CT molecular complexity index is 1120. The third kappa shape index (κ3) is 4.44. The van der Waals surface area contributed by atoms with Crippen LogP contribution in [0.4, 0.5) is 11.4 Å². The van der Waals surface area contributed by atoms with Gasteiger partial charge >= 0.3 is 0 Å². The highest BCUT2D eigenvalue weighted by molar-refractivity contribution is 6.04. The number of ether oxygens (including phenoxy) is 1. The van der Waals surface area contributed by atoms with Crippen LogP contribution >= 0.6 is 0 Å². The van der Waals surface area contributed by atoms with E-state index in [1.54, 1.807) is 65.8 Å². The average Bonchev–Trinajstić information content (AvgIpc) is 3.30. The molecule has 2 aromatic carbocycles. The minimum atomic E-state index is -0.172. The molecule has 0 fully saturated rings. The first kappa shape index (κ1) is 19.1. The minimum Gasteiger partial charge on any atom is -0.439 e. The SMILES string of the molecule is CN(C)c1ccc(C(=O)Nc2ccc(Oc3cc(-n4ccnc4)ncn3)cc2)cc1. The van der Waals surface area contributed by atoms with E-state index >= 15 is 0 Å². The fraction of sp³-hybridized carbons (Fsp3) is 0.0909. The normalized spacial score (nSPS) is 10.5. The van der Waals surface area contributed by atoms with Crippen LogP contribution in [0.1, 0.15) is 10.4 Å². The van der Waals surface area contributed by atoms with Crippen molar-refractivity contribution in [1.29, 1.82) is 0 Å². The van der Waals surface area contributed by atoms with Crippen molar-refractivity contribution >= 4 is 17.3 Å². The molecule has 0 radical (unpaired) electrons. The Hall–Kier alpha value is -4.20. The van der Waals surface area contributed by atoms with E-state index in [0.29, 0.717) is 28.7 Å². The molecular formula is C22H20N6O2. The minimum absolute atomic E-state index is 0.172. The van der Waals surface area contributed by atoms with Crippen LogP contribution in [0.3, 0.4) is 0 Å². The van der Waals surface area contributed by atoms with E-state index in [1.165, 1.54) is 6.33 Å². The van der Waals surface area contributed by atoms with Gasteiger partial charge in [-0.3, -0.25) is 9.36 Å². The zero-order chi connectivity index (χ0) is 20.9. The van der Waals surface area contributed by atoms with Gasteiger partial charge in [0.25, 0.3) is 5.91 Å². The van der Waals surface area contributed by atoms with Crippen LogP contribution in [0.25, 0.3) is 5.82 Å². The summed E-state index contributed by atoms with van der Waals surface area (Å²) in [5.74, 6) is 1.49. The quantitative estimate of drug-likeness (QED) is 0.530. The van der Waals surface area contributed by atoms with Crippen LogP contribution in [0.15, 0.2) is 79.6 Å². The largest absolute Gasteiger partial charge is 0.439 e. The van der Waals surface area contributed by atoms with Crippen LogP contribution < -0.4 is 15.0 Å². The number of aromatic nitrogens is 4. The number of imidazole rings is 1. The summed E-state index contributed by atoms with van der Waals surface area (Å²) in [6, 6.07) is 16.2. The van der Waals surface area contributed by atoms with E-state index in [-0.39, 0.29) is 5.91 Å². The number of carbonyl (C=O) groups is 1. The molecule has 2 aromatic heterocycles. The molecule has 8 nitrogen and oxygen atoms in total. The molecule has 0 saturated heterocycles. The zero-order valence-electron chi connectivity index (χ0n) is 16.6. The summed E-state index contributed by atoms with van der Waals surface area (Å²) >= 11 is 0. The standard InChI is InChI=1S/C22H20N6O2/c1-27(2)18-7-3-16(4-8-18)22(29)26-17-5-9-19(10-6-17)30-21-13-20(24-14-25-21)28-12-11-23-15-28/h3-15H,1-2H3,(H,26,29). The fourth-order valence-electron chi connectivity index (χ4n) is 2.76. The molecule has 0 unspecified atom stereocenters. The Morgan fingerprint density at radius 2 is 1.80 bits per heavy atom. The summed E-state index contributed by atoms with van der Waals surface area (Å²) in [4.78, 5) is 26.8. The van der Waals surface area contributed by atoms with Gasteiger partial charge in [-0.15, -0.1) is 0 Å². The Balaban J connectivity index is 1.40. The molecule has 0 atom stereocenters. The highest BCUT2D eigenvalue weighted by Crippen LogP contribution is 2.23. The second-order valence-corrected chi connectivity index (χ2v) is 6.71. The highest BCUT2D eigenvalue weighted by atomic mass is 16.5. The number of nitrogens with zero attached hydrogens (tertiary/aromatic N) is 5. The van der Waals surface area contributed by atoms with Crippen LogP contribution in [-0.4, -0.2) is 39.5 Å². The van der Waals surface area contributed by atoms with Gasteiger partial charge in [-0.2, -0.15) is 0 Å².